The minimum absolute atomic E-state index is 0.132. The monoisotopic (exact) mass is 498 g/mol. The lowest BCUT2D eigenvalue weighted by Gasteiger charge is -2.19. The zero-order valence-electron chi connectivity index (χ0n) is 17.2. The number of benzene rings is 2. The van der Waals surface area contributed by atoms with E-state index in [9.17, 15) is 4.79 Å². The van der Waals surface area contributed by atoms with Gasteiger partial charge in [-0.25, -0.2) is 4.98 Å². The van der Waals surface area contributed by atoms with E-state index in [0.717, 1.165) is 39.7 Å². The van der Waals surface area contributed by atoms with E-state index in [4.69, 9.17) is 14.1 Å². The molecule has 0 unspecified atom stereocenters. The molecule has 0 N–H and O–H groups in total. The highest BCUT2D eigenvalue weighted by molar-refractivity contribution is 9.10. The highest BCUT2D eigenvalue weighted by Crippen LogP contribution is 2.32. The van der Waals surface area contributed by atoms with Crippen molar-refractivity contribution < 1.29 is 13.9 Å². The Morgan fingerprint density at radius 3 is 2.74 bits per heavy atom. The number of ether oxygens (including phenoxy) is 1. The van der Waals surface area contributed by atoms with Gasteiger partial charge in [-0.05, 0) is 61.0 Å². The quantitative estimate of drug-likeness (QED) is 0.231. The predicted octanol–water partition coefficient (Wildman–Crippen LogP) is 7.07. The number of hydrogen-bond acceptors (Lipinski definition) is 5. The van der Waals surface area contributed by atoms with Crippen molar-refractivity contribution in [3.8, 4) is 5.75 Å². The van der Waals surface area contributed by atoms with Crippen molar-refractivity contribution in [2.24, 2.45) is 0 Å². The molecule has 160 valence electrons. The molecule has 0 aliphatic rings. The van der Waals surface area contributed by atoms with Crippen molar-refractivity contribution in [1.82, 2.24) is 4.98 Å². The second-order valence-electron chi connectivity index (χ2n) is 7.16. The van der Waals surface area contributed by atoms with E-state index in [1.54, 1.807) is 23.3 Å². The zero-order chi connectivity index (χ0) is 21.6. The first-order valence-electron chi connectivity index (χ1n) is 10.3. The van der Waals surface area contributed by atoms with Gasteiger partial charge in [0.25, 0.3) is 5.91 Å². The number of thiazole rings is 1. The van der Waals surface area contributed by atoms with E-state index in [1.165, 1.54) is 11.3 Å². The van der Waals surface area contributed by atoms with Gasteiger partial charge in [0, 0.05) is 10.0 Å². The molecule has 0 atom stereocenters. The van der Waals surface area contributed by atoms with Crippen LogP contribution in [0.5, 0.6) is 5.75 Å². The molecule has 0 fully saturated rings. The Balaban J connectivity index is 1.58. The van der Waals surface area contributed by atoms with Gasteiger partial charge in [-0.2, -0.15) is 0 Å². The smallest absolute Gasteiger partial charge is 0.260 e. The summed E-state index contributed by atoms with van der Waals surface area (Å²) in [6.45, 7) is 3.16. The molecule has 0 bridgehead atoms. The molecule has 4 rings (SSSR count). The first-order valence-corrected chi connectivity index (χ1v) is 11.9. The summed E-state index contributed by atoms with van der Waals surface area (Å²) in [5, 5.41) is 0.634. The highest BCUT2D eigenvalue weighted by Gasteiger charge is 2.23. The zero-order valence-corrected chi connectivity index (χ0v) is 19.6. The average molecular weight is 499 g/mol. The lowest BCUT2D eigenvalue weighted by atomic mass is 10.2. The van der Waals surface area contributed by atoms with Gasteiger partial charge >= 0.3 is 0 Å². The molecule has 2 aromatic carbocycles. The molecule has 0 spiro atoms. The standard InChI is InChI=1S/C24H23BrN2O3S/c1-2-3-4-13-29-19-10-7-17(8-11-19)23(28)27(16-20-6-5-14-30-20)24-26-21-12-9-18(25)15-22(21)31-24/h5-12,14-15H,2-4,13,16H2,1H3. The summed E-state index contributed by atoms with van der Waals surface area (Å²) in [6, 6.07) is 16.9. The first kappa shape index (κ1) is 21.6. The summed E-state index contributed by atoms with van der Waals surface area (Å²) in [6.07, 6.45) is 4.95. The number of nitrogens with zero attached hydrogens (tertiary/aromatic N) is 2. The molecular weight excluding hydrogens is 476 g/mol. The lowest BCUT2D eigenvalue weighted by molar-refractivity contribution is 0.0983. The number of halogens is 1. The van der Waals surface area contributed by atoms with Gasteiger partial charge < -0.3 is 9.15 Å². The third kappa shape index (κ3) is 5.35. The normalized spacial score (nSPS) is 11.0. The number of hydrogen-bond donors (Lipinski definition) is 0. The predicted molar refractivity (Wildman–Crippen MR) is 128 cm³/mol. The number of unbranched alkanes of at least 4 members (excludes halogenated alkanes) is 2. The number of rotatable bonds is 9. The Morgan fingerprint density at radius 1 is 1.16 bits per heavy atom. The Labute approximate surface area is 193 Å². The van der Waals surface area contributed by atoms with E-state index in [1.807, 2.05) is 42.5 Å². The van der Waals surface area contributed by atoms with Crippen LogP contribution in [0.15, 0.2) is 69.8 Å². The van der Waals surface area contributed by atoms with Gasteiger partial charge in [-0.15, -0.1) is 0 Å². The van der Waals surface area contributed by atoms with Crippen LogP contribution in [0, 0.1) is 0 Å². The summed E-state index contributed by atoms with van der Waals surface area (Å²) in [5.74, 6) is 1.34. The molecule has 0 saturated carbocycles. The van der Waals surface area contributed by atoms with Crippen molar-refractivity contribution in [2.75, 3.05) is 11.5 Å². The summed E-state index contributed by atoms with van der Waals surface area (Å²) >= 11 is 4.98. The van der Waals surface area contributed by atoms with Crippen molar-refractivity contribution in [1.29, 1.82) is 0 Å². The van der Waals surface area contributed by atoms with Crippen LogP contribution in [0.3, 0.4) is 0 Å². The Kier molecular flexibility index (Phi) is 7.04. The first-order chi connectivity index (χ1) is 15.1. The van der Waals surface area contributed by atoms with Gasteiger partial charge in [-0.1, -0.05) is 47.0 Å². The largest absolute Gasteiger partial charge is 0.494 e. The number of aromatic nitrogens is 1. The fourth-order valence-electron chi connectivity index (χ4n) is 3.18. The van der Waals surface area contributed by atoms with Crippen molar-refractivity contribution in [3.63, 3.8) is 0 Å². The van der Waals surface area contributed by atoms with Crippen LogP contribution in [0.4, 0.5) is 5.13 Å². The maximum absolute atomic E-state index is 13.4. The van der Waals surface area contributed by atoms with Crippen molar-refractivity contribution in [3.05, 3.63) is 76.7 Å². The van der Waals surface area contributed by atoms with Gasteiger partial charge in [-0.3, -0.25) is 9.69 Å². The molecule has 0 aliphatic carbocycles. The van der Waals surface area contributed by atoms with Crippen molar-refractivity contribution in [2.45, 2.75) is 32.7 Å². The van der Waals surface area contributed by atoms with Crippen LogP contribution in [-0.4, -0.2) is 17.5 Å². The Bertz CT molecular complexity index is 1140. The number of amides is 1. The van der Waals surface area contributed by atoms with E-state index < -0.39 is 0 Å². The maximum Gasteiger partial charge on any atom is 0.260 e. The SMILES string of the molecule is CCCCCOc1ccc(C(=O)N(Cc2ccco2)c2nc3ccc(Br)cc3s2)cc1. The summed E-state index contributed by atoms with van der Waals surface area (Å²) < 4.78 is 13.3. The third-order valence-electron chi connectivity index (χ3n) is 4.83. The average Bonchev–Trinajstić information content (AvgIpc) is 3.44. The van der Waals surface area contributed by atoms with Gasteiger partial charge in [0.2, 0.25) is 0 Å². The number of anilines is 1. The Hall–Kier alpha value is -2.64. The minimum atomic E-state index is -0.132. The van der Waals surface area contributed by atoms with E-state index in [2.05, 4.69) is 22.9 Å². The molecule has 5 nitrogen and oxygen atoms in total. The van der Waals surface area contributed by atoms with Crippen LogP contribution in [-0.2, 0) is 6.54 Å². The molecular formula is C24H23BrN2O3S. The maximum atomic E-state index is 13.4. The van der Waals surface area contributed by atoms with E-state index in [-0.39, 0.29) is 5.91 Å². The molecule has 7 heteroatoms. The highest BCUT2D eigenvalue weighted by atomic mass is 79.9. The number of furan rings is 1. The van der Waals surface area contributed by atoms with Crippen LogP contribution in [0.1, 0.15) is 42.3 Å². The van der Waals surface area contributed by atoms with Crippen molar-refractivity contribution >= 4 is 48.5 Å². The fourth-order valence-corrected chi connectivity index (χ4v) is 4.69. The molecule has 2 heterocycles. The molecule has 0 aliphatic heterocycles. The van der Waals surface area contributed by atoms with Gasteiger partial charge in [0.15, 0.2) is 5.13 Å². The molecule has 2 aromatic heterocycles. The lowest BCUT2D eigenvalue weighted by Crippen LogP contribution is -2.30. The summed E-state index contributed by atoms with van der Waals surface area (Å²) in [4.78, 5) is 19.8. The van der Waals surface area contributed by atoms with Crippen LogP contribution < -0.4 is 9.64 Å². The van der Waals surface area contributed by atoms with Gasteiger partial charge in [0.05, 0.1) is 29.6 Å². The van der Waals surface area contributed by atoms with Crippen LogP contribution in [0.25, 0.3) is 10.2 Å². The molecule has 31 heavy (non-hydrogen) atoms. The topological polar surface area (TPSA) is 55.6 Å². The number of fused-ring (bicyclic) bond motifs is 1. The third-order valence-corrected chi connectivity index (χ3v) is 6.36. The molecule has 0 saturated heterocycles. The fraction of sp³-hybridized carbons (Fsp3) is 0.250. The second-order valence-corrected chi connectivity index (χ2v) is 9.08. The Morgan fingerprint density at radius 2 is 2.00 bits per heavy atom. The summed E-state index contributed by atoms with van der Waals surface area (Å²) in [5.41, 5.74) is 1.43. The number of carbonyl (C=O) groups is 1. The summed E-state index contributed by atoms with van der Waals surface area (Å²) in [7, 11) is 0. The van der Waals surface area contributed by atoms with E-state index >= 15 is 0 Å². The minimum Gasteiger partial charge on any atom is -0.494 e. The van der Waals surface area contributed by atoms with Gasteiger partial charge in [0.1, 0.15) is 11.5 Å². The van der Waals surface area contributed by atoms with Crippen LogP contribution in [0.2, 0.25) is 0 Å². The molecule has 0 radical (unpaired) electrons. The van der Waals surface area contributed by atoms with E-state index in [0.29, 0.717) is 29.6 Å². The van der Waals surface area contributed by atoms with Crippen LogP contribution >= 0.6 is 27.3 Å². The number of carbonyl (C=O) groups excluding carboxylic acids is 1. The second kappa shape index (κ2) is 10.1. The molecule has 1 amide bonds. The molecule has 4 aromatic rings.